The second-order valence-electron chi connectivity index (χ2n) is 5.44. The molecule has 0 radical (unpaired) electrons. The summed E-state index contributed by atoms with van der Waals surface area (Å²) in [5, 5.41) is 13.2. The zero-order valence-electron chi connectivity index (χ0n) is 12.7. The average Bonchev–Trinajstić information content (AvgIpc) is 2.81. The van der Waals surface area contributed by atoms with E-state index in [2.05, 4.69) is 10.2 Å². The maximum absolute atomic E-state index is 9.04. The van der Waals surface area contributed by atoms with Gasteiger partial charge in [-0.2, -0.15) is 4.98 Å². The van der Waals surface area contributed by atoms with E-state index in [1.807, 2.05) is 24.3 Å². The largest absolute Gasteiger partial charge is 0.395 e. The van der Waals surface area contributed by atoms with Crippen molar-refractivity contribution in [2.24, 2.45) is 0 Å². The molecule has 1 aromatic heterocycles. The van der Waals surface area contributed by atoms with Crippen molar-refractivity contribution in [3.63, 3.8) is 0 Å². The Morgan fingerprint density at radius 2 is 1.77 bits per heavy atom. The number of hydrogen-bond acceptors (Lipinski definition) is 5. The van der Waals surface area contributed by atoms with Crippen molar-refractivity contribution < 1.29 is 5.11 Å². The molecule has 0 unspecified atom stereocenters. The maximum atomic E-state index is 9.04. The monoisotopic (exact) mass is 322 g/mol. The van der Waals surface area contributed by atoms with Gasteiger partial charge in [-0.05, 0) is 25.0 Å². The first-order chi connectivity index (χ1) is 10.4. The van der Waals surface area contributed by atoms with Crippen molar-refractivity contribution in [2.45, 2.75) is 25.7 Å². The molecule has 0 aliphatic carbocycles. The van der Waals surface area contributed by atoms with Gasteiger partial charge < -0.3 is 15.3 Å². The Labute approximate surface area is 137 Å². The van der Waals surface area contributed by atoms with Crippen molar-refractivity contribution in [1.29, 1.82) is 0 Å². The molecule has 1 fully saturated rings. The minimum Gasteiger partial charge on any atom is -0.395 e. The van der Waals surface area contributed by atoms with Crippen LogP contribution in [0.4, 0.5) is 11.8 Å². The van der Waals surface area contributed by atoms with Crippen molar-refractivity contribution in [3.8, 4) is 0 Å². The van der Waals surface area contributed by atoms with Gasteiger partial charge in [-0.3, -0.25) is 0 Å². The van der Waals surface area contributed by atoms with Gasteiger partial charge in [0.1, 0.15) is 5.82 Å². The van der Waals surface area contributed by atoms with Gasteiger partial charge in [-0.15, -0.1) is 12.4 Å². The average molecular weight is 323 g/mol. The minimum atomic E-state index is 0. The summed E-state index contributed by atoms with van der Waals surface area (Å²) in [6.07, 6.45) is 4.99. The molecule has 0 saturated carbocycles. The summed E-state index contributed by atoms with van der Waals surface area (Å²) < 4.78 is 0. The minimum absolute atomic E-state index is 0. The first-order valence-corrected chi connectivity index (χ1v) is 7.75. The van der Waals surface area contributed by atoms with Crippen molar-refractivity contribution in [3.05, 3.63) is 24.3 Å². The summed E-state index contributed by atoms with van der Waals surface area (Å²) in [6.45, 7) is 2.65. The van der Waals surface area contributed by atoms with E-state index in [4.69, 9.17) is 15.1 Å². The molecule has 0 amide bonds. The van der Waals surface area contributed by atoms with Crippen LogP contribution in [0, 0.1) is 0 Å². The number of nitrogens with zero attached hydrogens (tertiary/aromatic N) is 3. The van der Waals surface area contributed by atoms with Crippen LogP contribution in [-0.2, 0) is 0 Å². The molecule has 3 rings (SSSR count). The summed E-state index contributed by atoms with van der Waals surface area (Å²) >= 11 is 0. The molecule has 1 aliphatic rings. The zero-order valence-corrected chi connectivity index (χ0v) is 13.5. The third kappa shape index (κ3) is 3.78. The van der Waals surface area contributed by atoms with Crippen LogP contribution in [0.2, 0.25) is 0 Å². The lowest BCUT2D eigenvalue weighted by molar-refractivity contribution is 0.311. The summed E-state index contributed by atoms with van der Waals surface area (Å²) in [5.74, 6) is 1.62. The van der Waals surface area contributed by atoms with Gasteiger partial charge >= 0.3 is 0 Å². The number of aliphatic hydroxyl groups excluding tert-OH is 1. The third-order valence-electron chi connectivity index (χ3n) is 3.88. The second-order valence-corrected chi connectivity index (χ2v) is 5.44. The van der Waals surface area contributed by atoms with Gasteiger partial charge in [-0.25, -0.2) is 4.98 Å². The Morgan fingerprint density at radius 3 is 2.50 bits per heavy atom. The van der Waals surface area contributed by atoms with Gasteiger partial charge in [0.05, 0.1) is 12.1 Å². The van der Waals surface area contributed by atoms with E-state index < -0.39 is 0 Å². The fraction of sp³-hybridized carbons (Fsp3) is 0.500. The van der Waals surface area contributed by atoms with Gasteiger partial charge in [0.2, 0.25) is 5.95 Å². The van der Waals surface area contributed by atoms with Crippen LogP contribution in [0.1, 0.15) is 25.7 Å². The van der Waals surface area contributed by atoms with Gasteiger partial charge in [0.15, 0.2) is 0 Å². The molecule has 0 spiro atoms. The molecule has 2 heterocycles. The SMILES string of the molecule is Cl.OCCNc1nc(N2CCCCCC2)nc2ccccc12. The highest BCUT2D eigenvalue weighted by Gasteiger charge is 2.15. The molecule has 0 atom stereocenters. The lowest BCUT2D eigenvalue weighted by Gasteiger charge is -2.21. The van der Waals surface area contributed by atoms with Crippen molar-refractivity contribution >= 4 is 35.1 Å². The molecule has 2 aromatic rings. The Kier molecular flexibility index (Phi) is 6.21. The molecule has 6 heteroatoms. The van der Waals surface area contributed by atoms with E-state index in [0.29, 0.717) is 6.54 Å². The first-order valence-electron chi connectivity index (χ1n) is 7.75. The van der Waals surface area contributed by atoms with Crippen LogP contribution in [0.25, 0.3) is 10.9 Å². The molecule has 1 aromatic carbocycles. The summed E-state index contributed by atoms with van der Waals surface area (Å²) in [5.41, 5.74) is 0.951. The fourth-order valence-corrected chi connectivity index (χ4v) is 2.79. The van der Waals surface area contributed by atoms with E-state index in [0.717, 1.165) is 35.8 Å². The standard InChI is InChI=1S/C16H22N4O.ClH/c21-12-9-17-15-13-7-3-4-8-14(13)18-16(19-15)20-10-5-1-2-6-11-20;/h3-4,7-8,21H,1-2,5-6,9-12H2,(H,17,18,19);1H. The summed E-state index contributed by atoms with van der Waals surface area (Å²) in [6, 6.07) is 8.02. The molecule has 0 bridgehead atoms. The maximum Gasteiger partial charge on any atom is 0.227 e. The van der Waals surface area contributed by atoms with E-state index >= 15 is 0 Å². The highest BCUT2D eigenvalue weighted by atomic mass is 35.5. The molecular formula is C16H23ClN4O. The van der Waals surface area contributed by atoms with Crippen LogP contribution in [-0.4, -0.2) is 41.3 Å². The number of halogens is 1. The number of para-hydroxylation sites is 1. The van der Waals surface area contributed by atoms with E-state index in [9.17, 15) is 0 Å². The summed E-state index contributed by atoms with van der Waals surface area (Å²) in [7, 11) is 0. The number of aliphatic hydroxyl groups is 1. The van der Waals surface area contributed by atoms with Crippen LogP contribution < -0.4 is 10.2 Å². The van der Waals surface area contributed by atoms with Crippen LogP contribution in [0.3, 0.4) is 0 Å². The third-order valence-corrected chi connectivity index (χ3v) is 3.88. The quantitative estimate of drug-likeness (QED) is 0.906. The smallest absolute Gasteiger partial charge is 0.227 e. The summed E-state index contributed by atoms with van der Waals surface area (Å²) in [4.78, 5) is 11.7. The van der Waals surface area contributed by atoms with E-state index in [1.165, 1.54) is 25.7 Å². The van der Waals surface area contributed by atoms with Gasteiger partial charge in [0.25, 0.3) is 0 Å². The number of aromatic nitrogens is 2. The fourth-order valence-electron chi connectivity index (χ4n) is 2.79. The normalized spacial score (nSPS) is 15.2. The second kappa shape index (κ2) is 8.15. The lowest BCUT2D eigenvalue weighted by atomic mass is 10.2. The number of fused-ring (bicyclic) bond motifs is 1. The highest BCUT2D eigenvalue weighted by molar-refractivity contribution is 5.90. The molecule has 1 saturated heterocycles. The number of nitrogens with one attached hydrogen (secondary N) is 1. The topological polar surface area (TPSA) is 61.3 Å². The Bertz CT molecular complexity index is 600. The molecule has 5 nitrogen and oxygen atoms in total. The van der Waals surface area contributed by atoms with Crippen molar-refractivity contribution in [2.75, 3.05) is 36.5 Å². The van der Waals surface area contributed by atoms with Gasteiger partial charge in [0, 0.05) is 25.0 Å². The van der Waals surface area contributed by atoms with Gasteiger partial charge in [-0.1, -0.05) is 25.0 Å². The highest BCUT2D eigenvalue weighted by Crippen LogP contribution is 2.24. The Morgan fingerprint density at radius 1 is 1.05 bits per heavy atom. The Hall–Kier alpha value is -1.59. The lowest BCUT2D eigenvalue weighted by Crippen LogP contribution is -2.26. The molecule has 22 heavy (non-hydrogen) atoms. The van der Waals surface area contributed by atoms with Crippen LogP contribution in [0.15, 0.2) is 24.3 Å². The molecule has 1 aliphatic heterocycles. The molecular weight excluding hydrogens is 300 g/mol. The Balaban J connectivity index is 0.00000176. The number of anilines is 2. The number of benzene rings is 1. The van der Waals surface area contributed by atoms with Crippen LogP contribution in [0.5, 0.6) is 0 Å². The zero-order chi connectivity index (χ0) is 14.5. The predicted octanol–water partition coefficient (Wildman–Crippen LogP) is 2.84. The first kappa shape index (κ1) is 16.8. The van der Waals surface area contributed by atoms with Crippen LogP contribution >= 0.6 is 12.4 Å². The van der Waals surface area contributed by atoms with E-state index in [-0.39, 0.29) is 19.0 Å². The van der Waals surface area contributed by atoms with E-state index in [1.54, 1.807) is 0 Å². The van der Waals surface area contributed by atoms with Crippen molar-refractivity contribution in [1.82, 2.24) is 9.97 Å². The number of rotatable bonds is 4. The predicted molar refractivity (Wildman–Crippen MR) is 93.0 cm³/mol. The molecule has 120 valence electrons. The number of hydrogen-bond donors (Lipinski definition) is 2. The molecule has 2 N–H and O–H groups in total.